The van der Waals surface area contributed by atoms with Gasteiger partial charge in [0, 0.05) is 13.1 Å². The fourth-order valence-corrected chi connectivity index (χ4v) is 1.86. The summed E-state index contributed by atoms with van der Waals surface area (Å²) in [7, 11) is 0. The summed E-state index contributed by atoms with van der Waals surface area (Å²) in [5, 5.41) is 0.234. The molecule has 0 spiro atoms. The van der Waals surface area contributed by atoms with Gasteiger partial charge in [0.05, 0.1) is 18.3 Å². The van der Waals surface area contributed by atoms with E-state index < -0.39 is 0 Å². The number of nitrogens with two attached hydrogens (primary N) is 1. The molecule has 0 bridgehead atoms. The number of halogens is 1. The Kier molecular flexibility index (Phi) is 3.23. The zero-order chi connectivity index (χ0) is 12.4. The van der Waals surface area contributed by atoms with Crippen LogP contribution in [0.4, 0.5) is 0 Å². The van der Waals surface area contributed by atoms with E-state index in [9.17, 15) is 9.59 Å². The predicted molar refractivity (Wildman–Crippen MR) is 60.2 cm³/mol. The smallest absolute Gasteiger partial charge is 0.274 e. The third-order valence-corrected chi connectivity index (χ3v) is 2.91. The van der Waals surface area contributed by atoms with E-state index in [0.29, 0.717) is 19.5 Å². The second-order valence-electron chi connectivity index (χ2n) is 3.86. The molecule has 2 amide bonds. The van der Waals surface area contributed by atoms with E-state index in [1.165, 1.54) is 12.4 Å². The third kappa shape index (κ3) is 2.52. The van der Waals surface area contributed by atoms with Crippen molar-refractivity contribution in [3.05, 3.63) is 23.2 Å². The number of amides is 2. The molecule has 90 valence electrons. The largest absolute Gasteiger partial charge is 0.369 e. The zero-order valence-electron chi connectivity index (χ0n) is 8.97. The number of hydrogen-bond acceptors (Lipinski definition) is 4. The van der Waals surface area contributed by atoms with E-state index in [1.54, 1.807) is 4.90 Å². The van der Waals surface area contributed by atoms with Gasteiger partial charge in [-0.3, -0.25) is 9.59 Å². The van der Waals surface area contributed by atoms with Crippen LogP contribution in [0.25, 0.3) is 0 Å². The van der Waals surface area contributed by atoms with Crippen LogP contribution in [0.3, 0.4) is 0 Å². The van der Waals surface area contributed by atoms with E-state index in [1.807, 2.05) is 0 Å². The van der Waals surface area contributed by atoms with Gasteiger partial charge < -0.3 is 10.6 Å². The van der Waals surface area contributed by atoms with Crippen LogP contribution < -0.4 is 5.73 Å². The van der Waals surface area contributed by atoms with Crippen LogP contribution in [0.15, 0.2) is 12.4 Å². The predicted octanol–water partition coefficient (Wildman–Crippen LogP) is 0.0774. The topological polar surface area (TPSA) is 89.2 Å². The molecule has 0 aromatic carbocycles. The lowest BCUT2D eigenvalue weighted by Crippen LogP contribution is -2.32. The maximum atomic E-state index is 12.0. The molecule has 1 atom stereocenters. The first kappa shape index (κ1) is 11.8. The van der Waals surface area contributed by atoms with E-state index in [4.69, 9.17) is 17.3 Å². The summed E-state index contributed by atoms with van der Waals surface area (Å²) in [6.07, 6.45) is 3.24. The number of rotatable bonds is 2. The van der Waals surface area contributed by atoms with Gasteiger partial charge in [-0.1, -0.05) is 11.6 Å². The average Bonchev–Trinajstić information content (AvgIpc) is 2.78. The molecule has 0 saturated carbocycles. The number of aromatic nitrogens is 2. The molecule has 6 nitrogen and oxygen atoms in total. The van der Waals surface area contributed by atoms with Crippen molar-refractivity contribution in [2.24, 2.45) is 11.7 Å². The number of nitrogens with zero attached hydrogens (tertiary/aromatic N) is 3. The van der Waals surface area contributed by atoms with Crippen LogP contribution in [0, 0.1) is 5.92 Å². The number of carbonyl (C=O) groups excluding carboxylic acids is 2. The highest BCUT2D eigenvalue weighted by molar-refractivity contribution is 6.29. The minimum absolute atomic E-state index is 0.222. The Bertz CT molecular complexity index is 448. The standard InChI is InChI=1S/C10H11ClN4O2/c11-8-4-13-7(3-14-8)10(17)15-2-1-6(5-15)9(12)16/h3-4,6H,1-2,5H2,(H2,12,16). The molecule has 0 aliphatic carbocycles. The van der Waals surface area contributed by atoms with Crippen molar-refractivity contribution in [3.63, 3.8) is 0 Å². The third-order valence-electron chi connectivity index (χ3n) is 2.72. The van der Waals surface area contributed by atoms with E-state index >= 15 is 0 Å². The molecule has 7 heteroatoms. The summed E-state index contributed by atoms with van der Waals surface area (Å²) in [4.78, 5) is 32.2. The number of hydrogen-bond donors (Lipinski definition) is 1. The van der Waals surface area contributed by atoms with E-state index in [0.717, 1.165) is 0 Å². The number of carbonyl (C=O) groups is 2. The lowest BCUT2D eigenvalue weighted by atomic mass is 10.1. The van der Waals surface area contributed by atoms with Crippen molar-refractivity contribution >= 4 is 23.4 Å². The van der Waals surface area contributed by atoms with Gasteiger partial charge in [-0.05, 0) is 6.42 Å². The monoisotopic (exact) mass is 254 g/mol. The molecule has 1 saturated heterocycles. The normalized spacial score (nSPS) is 19.4. The zero-order valence-corrected chi connectivity index (χ0v) is 9.72. The van der Waals surface area contributed by atoms with Crippen molar-refractivity contribution in [1.29, 1.82) is 0 Å². The Morgan fingerprint density at radius 1 is 1.41 bits per heavy atom. The Morgan fingerprint density at radius 2 is 2.18 bits per heavy atom. The molecule has 17 heavy (non-hydrogen) atoms. The summed E-state index contributed by atoms with van der Waals surface area (Å²) < 4.78 is 0. The van der Waals surface area contributed by atoms with Crippen LogP contribution >= 0.6 is 11.6 Å². The van der Waals surface area contributed by atoms with Gasteiger partial charge in [0.25, 0.3) is 5.91 Å². The molecule has 1 aromatic rings. The van der Waals surface area contributed by atoms with Crippen LogP contribution in [0.1, 0.15) is 16.9 Å². The Morgan fingerprint density at radius 3 is 2.71 bits per heavy atom. The van der Waals surface area contributed by atoms with Crippen LogP contribution in [0.5, 0.6) is 0 Å². The first-order valence-corrected chi connectivity index (χ1v) is 5.52. The van der Waals surface area contributed by atoms with Crippen LogP contribution in [0.2, 0.25) is 5.15 Å². The van der Waals surface area contributed by atoms with Crippen molar-refractivity contribution in [1.82, 2.24) is 14.9 Å². The second-order valence-corrected chi connectivity index (χ2v) is 4.25. The highest BCUT2D eigenvalue weighted by Crippen LogP contribution is 2.17. The molecule has 1 unspecified atom stereocenters. The molecule has 2 N–H and O–H groups in total. The molecular formula is C10H11ClN4O2. The summed E-state index contributed by atoms with van der Waals surface area (Å²) in [6, 6.07) is 0. The molecule has 2 heterocycles. The van der Waals surface area contributed by atoms with Crippen molar-refractivity contribution in [2.75, 3.05) is 13.1 Å². The van der Waals surface area contributed by atoms with Gasteiger partial charge in [-0.25, -0.2) is 9.97 Å². The van der Waals surface area contributed by atoms with Gasteiger partial charge in [-0.2, -0.15) is 0 Å². The maximum Gasteiger partial charge on any atom is 0.274 e. The summed E-state index contributed by atoms with van der Waals surface area (Å²) in [5.41, 5.74) is 5.42. The lowest BCUT2D eigenvalue weighted by Gasteiger charge is -2.14. The molecule has 1 aromatic heterocycles. The quantitative estimate of drug-likeness (QED) is 0.809. The molecular weight excluding hydrogens is 244 g/mol. The number of primary amides is 1. The van der Waals surface area contributed by atoms with Gasteiger partial charge >= 0.3 is 0 Å². The molecule has 0 radical (unpaired) electrons. The fourth-order valence-electron chi connectivity index (χ4n) is 1.76. The maximum absolute atomic E-state index is 12.0. The van der Waals surface area contributed by atoms with E-state index in [2.05, 4.69) is 9.97 Å². The fraction of sp³-hybridized carbons (Fsp3) is 0.400. The SMILES string of the molecule is NC(=O)C1CCN(C(=O)c2cnc(Cl)cn2)C1. The van der Waals surface area contributed by atoms with Crippen LogP contribution in [-0.4, -0.2) is 39.8 Å². The summed E-state index contributed by atoms with van der Waals surface area (Å²) >= 11 is 5.58. The summed E-state index contributed by atoms with van der Waals surface area (Å²) in [5.74, 6) is -0.889. The highest BCUT2D eigenvalue weighted by Gasteiger charge is 2.30. The Balaban J connectivity index is 2.07. The van der Waals surface area contributed by atoms with Gasteiger partial charge in [0.2, 0.25) is 5.91 Å². The summed E-state index contributed by atoms with van der Waals surface area (Å²) in [6.45, 7) is 0.856. The van der Waals surface area contributed by atoms with Gasteiger partial charge in [-0.15, -0.1) is 0 Å². The first-order chi connectivity index (χ1) is 8.08. The Hall–Kier alpha value is -1.69. The number of likely N-dealkylation sites (tertiary alicyclic amines) is 1. The molecule has 2 rings (SSSR count). The highest BCUT2D eigenvalue weighted by atomic mass is 35.5. The van der Waals surface area contributed by atoms with Crippen molar-refractivity contribution < 1.29 is 9.59 Å². The van der Waals surface area contributed by atoms with Crippen molar-refractivity contribution in [2.45, 2.75) is 6.42 Å². The Labute approximate surface area is 103 Å². The first-order valence-electron chi connectivity index (χ1n) is 5.14. The minimum Gasteiger partial charge on any atom is -0.369 e. The molecule has 1 fully saturated rings. The van der Waals surface area contributed by atoms with Crippen LogP contribution in [-0.2, 0) is 4.79 Å². The second kappa shape index (κ2) is 4.67. The van der Waals surface area contributed by atoms with E-state index in [-0.39, 0.29) is 28.6 Å². The molecule has 1 aliphatic rings. The molecule has 1 aliphatic heterocycles. The van der Waals surface area contributed by atoms with Gasteiger partial charge in [0.1, 0.15) is 10.8 Å². The minimum atomic E-state index is -0.373. The van der Waals surface area contributed by atoms with Crippen molar-refractivity contribution in [3.8, 4) is 0 Å². The lowest BCUT2D eigenvalue weighted by molar-refractivity contribution is -0.121. The van der Waals surface area contributed by atoms with Gasteiger partial charge in [0.15, 0.2) is 0 Å². The average molecular weight is 255 g/mol.